The Labute approximate surface area is 348 Å². The molecule has 9 aromatic carbocycles. The van der Waals surface area contributed by atoms with Crippen LogP contribution in [0, 0.1) is 11.3 Å². The molecule has 60 heavy (non-hydrogen) atoms. The molecule has 11 rings (SSSR count). The first-order valence-corrected chi connectivity index (χ1v) is 20.1. The molecule has 0 amide bonds. The van der Waals surface area contributed by atoms with Crippen LogP contribution in [0.5, 0.6) is 0 Å². The van der Waals surface area contributed by atoms with Crippen molar-refractivity contribution >= 4 is 10.8 Å². The molecule has 0 unspecified atom stereocenters. The Morgan fingerprint density at radius 1 is 0.267 bits per heavy atom. The normalized spacial score (nSPS) is 11.3. The number of benzene rings is 9. The van der Waals surface area contributed by atoms with Gasteiger partial charge in [0.2, 0.25) is 0 Å². The fourth-order valence-corrected chi connectivity index (χ4v) is 8.58. The fourth-order valence-electron chi connectivity index (χ4n) is 8.58. The van der Waals surface area contributed by atoms with Crippen molar-refractivity contribution in [2.24, 2.45) is 0 Å². The molecule has 0 radical (unpaired) electrons. The van der Waals surface area contributed by atoms with Crippen molar-refractivity contribution in [1.29, 1.82) is 5.26 Å². The lowest BCUT2D eigenvalue weighted by molar-refractivity contribution is 1.07. The van der Waals surface area contributed by atoms with Gasteiger partial charge in [0.05, 0.1) is 11.6 Å². The summed E-state index contributed by atoms with van der Waals surface area (Å²) in [5.41, 5.74) is 17.6. The molecule has 0 bridgehead atoms. The highest BCUT2D eigenvalue weighted by molar-refractivity contribution is 6.22. The van der Waals surface area contributed by atoms with Gasteiger partial charge in [-0.05, 0) is 89.7 Å². The number of fused-ring (bicyclic) bond motifs is 3. The average Bonchev–Trinajstić information content (AvgIpc) is 3.66. The summed E-state index contributed by atoms with van der Waals surface area (Å²) in [5, 5.41) is 12.2. The van der Waals surface area contributed by atoms with Crippen LogP contribution in [0.2, 0.25) is 0 Å². The summed E-state index contributed by atoms with van der Waals surface area (Å²) in [6, 6.07) is 74.1. The topological polar surface area (TPSA) is 62.5 Å². The van der Waals surface area contributed by atoms with Gasteiger partial charge in [-0.15, -0.1) is 0 Å². The van der Waals surface area contributed by atoms with E-state index < -0.39 is 0 Å². The van der Waals surface area contributed by atoms with Crippen LogP contribution < -0.4 is 0 Å². The van der Waals surface area contributed by atoms with Crippen LogP contribution in [0.4, 0.5) is 0 Å². The summed E-state index contributed by atoms with van der Waals surface area (Å²) >= 11 is 0. The van der Waals surface area contributed by atoms with E-state index in [0.717, 1.165) is 55.6 Å². The molecule has 0 saturated heterocycles. The van der Waals surface area contributed by atoms with Gasteiger partial charge in [-0.2, -0.15) is 5.26 Å². The molecule has 1 aromatic heterocycles. The zero-order chi connectivity index (χ0) is 40.0. The number of rotatable bonds is 7. The third-order valence-corrected chi connectivity index (χ3v) is 11.6. The highest BCUT2D eigenvalue weighted by Gasteiger charge is 2.25. The van der Waals surface area contributed by atoms with E-state index >= 15 is 0 Å². The summed E-state index contributed by atoms with van der Waals surface area (Å²) in [6.45, 7) is 0. The summed E-state index contributed by atoms with van der Waals surface area (Å²) < 4.78 is 0. The molecule has 0 atom stereocenters. The van der Waals surface area contributed by atoms with Crippen molar-refractivity contribution in [2.45, 2.75) is 0 Å². The molecule has 1 aliphatic carbocycles. The predicted molar refractivity (Wildman–Crippen MR) is 245 cm³/mol. The minimum Gasteiger partial charge on any atom is -0.208 e. The lowest BCUT2D eigenvalue weighted by Crippen LogP contribution is -2.00. The quantitative estimate of drug-likeness (QED) is 0.162. The maximum Gasteiger partial charge on any atom is 0.164 e. The molecule has 278 valence electrons. The first-order valence-electron chi connectivity index (χ1n) is 20.1. The molecular weight excluding hydrogens is 729 g/mol. The summed E-state index contributed by atoms with van der Waals surface area (Å²) in [4.78, 5) is 14.6. The van der Waals surface area contributed by atoms with E-state index in [1.165, 1.54) is 38.6 Å². The molecule has 1 heterocycles. The zero-order valence-corrected chi connectivity index (χ0v) is 32.4. The second kappa shape index (κ2) is 14.6. The minimum atomic E-state index is 0.639. The fraction of sp³-hybridized carbons (Fsp3) is 0. The van der Waals surface area contributed by atoms with Gasteiger partial charge < -0.3 is 0 Å². The van der Waals surface area contributed by atoms with E-state index in [2.05, 4.69) is 133 Å². The molecule has 0 spiro atoms. The average molecular weight is 763 g/mol. The molecule has 4 nitrogen and oxygen atoms in total. The molecule has 1 aliphatic rings. The Hall–Kier alpha value is -8.26. The molecule has 4 heteroatoms. The summed E-state index contributed by atoms with van der Waals surface area (Å²) in [5.74, 6) is 1.94. The van der Waals surface area contributed by atoms with Crippen molar-refractivity contribution in [3.8, 4) is 107 Å². The monoisotopic (exact) mass is 762 g/mol. The van der Waals surface area contributed by atoms with Crippen LogP contribution in [0.25, 0.3) is 112 Å². The van der Waals surface area contributed by atoms with E-state index in [-0.39, 0.29) is 0 Å². The highest BCUT2D eigenvalue weighted by atomic mass is 15.0. The first-order chi connectivity index (χ1) is 29.7. The van der Waals surface area contributed by atoms with Gasteiger partial charge in [0.1, 0.15) is 0 Å². The van der Waals surface area contributed by atoms with Crippen molar-refractivity contribution < 1.29 is 0 Å². The second-order valence-corrected chi connectivity index (χ2v) is 15.1. The maximum atomic E-state index is 9.73. The van der Waals surface area contributed by atoms with Gasteiger partial charge in [-0.25, -0.2) is 15.0 Å². The van der Waals surface area contributed by atoms with Crippen LogP contribution in [-0.2, 0) is 0 Å². The Balaban J connectivity index is 0.899. The third kappa shape index (κ3) is 6.14. The van der Waals surface area contributed by atoms with E-state index in [9.17, 15) is 5.26 Å². The smallest absolute Gasteiger partial charge is 0.164 e. The van der Waals surface area contributed by atoms with Crippen LogP contribution in [-0.4, -0.2) is 15.0 Å². The van der Waals surface area contributed by atoms with Crippen LogP contribution in [0.1, 0.15) is 5.56 Å². The van der Waals surface area contributed by atoms with Gasteiger partial charge in [-0.1, -0.05) is 194 Å². The van der Waals surface area contributed by atoms with E-state index in [4.69, 9.17) is 15.0 Å². The van der Waals surface area contributed by atoms with Crippen LogP contribution >= 0.6 is 0 Å². The second-order valence-electron chi connectivity index (χ2n) is 15.1. The van der Waals surface area contributed by atoms with Crippen molar-refractivity contribution in [1.82, 2.24) is 15.0 Å². The summed E-state index contributed by atoms with van der Waals surface area (Å²) in [6.07, 6.45) is 0. The molecule has 0 aliphatic heterocycles. The largest absolute Gasteiger partial charge is 0.208 e. The van der Waals surface area contributed by atoms with Crippen molar-refractivity contribution in [2.75, 3.05) is 0 Å². The highest BCUT2D eigenvalue weighted by Crippen LogP contribution is 2.52. The summed E-state index contributed by atoms with van der Waals surface area (Å²) in [7, 11) is 0. The standard InChI is InChI=1S/C56H34N4/c57-35-36-10-9-15-45(34-36)47-31-33-51-49-17-8-7-16-48(49)50-32-30-46(52(47)53(50)51)41-26-22-39(23-27-41)37-18-20-38(21-19-37)40-24-28-44(29-25-40)56-59-54(42-11-3-1-4-12-42)58-55(60-56)43-13-5-2-6-14-43/h1-34H. The van der Waals surface area contributed by atoms with E-state index in [1.54, 1.807) is 0 Å². The Bertz CT molecular complexity index is 3190. The van der Waals surface area contributed by atoms with Gasteiger partial charge in [0.15, 0.2) is 17.5 Å². The molecular formula is C56H34N4. The number of hydrogen-bond acceptors (Lipinski definition) is 4. The van der Waals surface area contributed by atoms with E-state index in [0.29, 0.717) is 23.0 Å². The minimum absolute atomic E-state index is 0.639. The van der Waals surface area contributed by atoms with E-state index in [1.807, 2.05) is 78.9 Å². The Morgan fingerprint density at radius 2 is 0.617 bits per heavy atom. The van der Waals surface area contributed by atoms with Gasteiger partial charge in [0, 0.05) is 16.7 Å². The SMILES string of the molecule is N#Cc1cccc(-c2ccc3c4c(ccc(-c5ccc(-c6ccc(-c7ccc(-c8nc(-c9ccccc9)nc(-c9ccccc9)n8)cc7)cc6)cc5)c24)-c2ccccc2-3)c1. The molecule has 0 fully saturated rings. The van der Waals surface area contributed by atoms with Gasteiger partial charge >= 0.3 is 0 Å². The van der Waals surface area contributed by atoms with Crippen molar-refractivity contribution in [3.05, 3.63) is 212 Å². The van der Waals surface area contributed by atoms with Gasteiger partial charge in [-0.3, -0.25) is 0 Å². The number of nitrogens with zero attached hydrogens (tertiary/aromatic N) is 4. The Morgan fingerprint density at radius 3 is 1.08 bits per heavy atom. The number of nitriles is 1. The zero-order valence-electron chi connectivity index (χ0n) is 32.4. The molecule has 0 saturated carbocycles. The maximum absolute atomic E-state index is 9.73. The Kier molecular flexibility index (Phi) is 8.50. The first kappa shape index (κ1) is 34.9. The predicted octanol–water partition coefficient (Wildman–Crippen LogP) is 14.2. The number of aromatic nitrogens is 3. The third-order valence-electron chi connectivity index (χ3n) is 11.6. The van der Waals surface area contributed by atoms with Crippen LogP contribution in [0.3, 0.4) is 0 Å². The van der Waals surface area contributed by atoms with Crippen LogP contribution in [0.15, 0.2) is 206 Å². The molecule has 0 N–H and O–H groups in total. The lowest BCUT2D eigenvalue weighted by Gasteiger charge is -2.15. The van der Waals surface area contributed by atoms with Gasteiger partial charge in [0.25, 0.3) is 0 Å². The molecule has 10 aromatic rings. The lowest BCUT2D eigenvalue weighted by atomic mass is 9.88. The number of hydrogen-bond donors (Lipinski definition) is 0. The van der Waals surface area contributed by atoms with Crippen molar-refractivity contribution in [3.63, 3.8) is 0 Å².